The molecule has 0 aliphatic carbocycles. The van der Waals surface area contributed by atoms with Gasteiger partial charge in [0.25, 0.3) is 5.91 Å². The highest BCUT2D eigenvalue weighted by molar-refractivity contribution is 9.10. The van der Waals surface area contributed by atoms with Gasteiger partial charge >= 0.3 is 5.97 Å². The second-order valence-corrected chi connectivity index (χ2v) is 6.07. The molecule has 1 amide bonds. The summed E-state index contributed by atoms with van der Waals surface area (Å²) in [6, 6.07) is 13.5. The summed E-state index contributed by atoms with van der Waals surface area (Å²) in [5.41, 5.74) is 0.874. The van der Waals surface area contributed by atoms with Crippen molar-refractivity contribution >= 4 is 33.5 Å². The van der Waals surface area contributed by atoms with Gasteiger partial charge in [0.15, 0.2) is 6.61 Å². The highest BCUT2D eigenvalue weighted by Crippen LogP contribution is 2.21. The van der Waals surface area contributed by atoms with Gasteiger partial charge in [0.2, 0.25) is 0 Å². The molecule has 0 aliphatic rings. The largest absolute Gasteiger partial charge is 0.455 e. The molecule has 0 radical (unpaired) electrons. The fraction of sp³-hybridized carbons (Fsp3) is 0.222. The van der Waals surface area contributed by atoms with Crippen LogP contribution in [0.15, 0.2) is 53.0 Å². The molecule has 1 atom stereocenters. The van der Waals surface area contributed by atoms with Crippen molar-refractivity contribution in [2.45, 2.75) is 19.3 Å². The van der Waals surface area contributed by atoms with Crippen LogP contribution in [-0.4, -0.2) is 18.5 Å². The van der Waals surface area contributed by atoms with Crippen LogP contribution in [0.2, 0.25) is 0 Å². The second kappa shape index (κ2) is 8.59. The minimum Gasteiger partial charge on any atom is -0.455 e. The smallest absolute Gasteiger partial charge is 0.313 e. The predicted octanol–water partition coefficient (Wildman–Crippen LogP) is 4.26. The van der Waals surface area contributed by atoms with Crippen molar-refractivity contribution in [3.05, 3.63) is 64.4 Å². The van der Waals surface area contributed by atoms with E-state index >= 15 is 0 Å². The predicted molar refractivity (Wildman–Crippen MR) is 93.2 cm³/mol. The number of carbonyl (C=O) groups is 2. The molecule has 1 N–H and O–H groups in total. The molecule has 0 fully saturated rings. The molecule has 4 nitrogen and oxygen atoms in total. The number of rotatable bonds is 6. The summed E-state index contributed by atoms with van der Waals surface area (Å²) in [6.07, 6.45) is 0.561. The van der Waals surface area contributed by atoms with Crippen molar-refractivity contribution in [2.75, 3.05) is 11.9 Å². The number of hydrogen-bond donors (Lipinski definition) is 1. The van der Waals surface area contributed by atoms with Crippen LogP contribution in [0.25, 0.3) is 0 Å². The van der Waals surface area contributed by atoms with E-state index in [0.717, 1.165) is 5.56 Å². The Morgan fingerprint density at radius 3 is 2.54 bits per heavy atom. The Hall–Kier alpha value is -2.21. The standard InChI is InChI=1S/C18H17BrFNO3/c1-2-14(12-6-4-3-5-7-12)18(23)24-11-17(22)21-16-9-8-13(19)10-15(16)20/h3-10,14H,2,11H2,1H3,(H,21,22)/t14-/m1/s1. The fourth-order valence-electron chi connectivity index (χ4n) is 2.24. The lowest BCUT2D eigenvalue weighted by molar-refractivity contribution is -0.149. The van der Waals surface area contributed by atoms with Crippen molar-refractivity contribution in [1.29, 1.82) is 0 Å². The molecule has 0 unspecified atom stereocenters. The summed E-state index contributed by atoms with van der Waals surface area (Å²) in [5, 5.41) is 2.38. The van der Waals surface area contributed by atoms with Gasteiger partial charge in [0.05, 0.1) is 11.6 Å². The van der Waals surface area contributed by atoms with Gasteiger partial charge in [0, 0.05) is 4.47 Å². The van der Waals surface area contributed by atoms with Crippen LogP contribution in [-0.2, 0) is 14.3 Å². The number of benzene rings is 2. The van der Waals surface area contributed by atoms with Crippen molar-refractivity contribution in [3.63, 3.8) is 0 Å². The monoisotopic (exact) mass is 393 g/mol. The van der Waals surface area contributed by atoms with Crippen molar-refractivity contribution in [3.8, 4) is 0 Å². The van der Waals surface area contributed by atoms with Gasteiger partial charge in [-0.3, -0.25) is 9.59 Å². The van der Waals surface area contributed by atoms with E-state index in [2.05, 4.69) is 21.2 Å². The van der Waals surface area contributed by atoms with Crippen molar-refractivity contribution in [2.24, 2.45) is 0 Å². The van der Waals surface area contributed by atoms with Crippen LogP contribution in [0, 0.1) is 5.82 Å². The Balaban J connectivity index is 1.92. The van der Waals surface area contributed by atoms with Crippen LogP contribution >= 0.6 is 15.9 Å². The average molecular weight is 394 g/mol. The maximum atomic E-state index is 13.7. The van der Waals surface area contributed by atoms with Gasteiger partial charge in [-0.1, -0.05) is 53.2 Å². The van der Waals surface area contributed by atoms with Gasteiger partial charge in [-0.15, -0.1) is 0 Å². The third kappa shape index (κ3) is 4.89. The summed E-state index contributed by atoms with van der Waals surface area (Å²) in [4.78, 5) is 24.0. The van der Waals surface area contributed by atoms with E-state index in [1.165, 1.54) is 12.1 Å². The number of anilines is 1. The lowest BCUT2D eigenvalue weighted by Gasteiger charge is -2.14. The third-order valence-electron chi connectivity index (χ3n) is 3.45. The van der Waals surface area contributed by atoms with Crippen LogP contribution < -0.4 is 5.32 Å². The molecule has 0 aliphatic heterocycles. The topological polar surface area (TPSA) is 55.4 Å². The van der Waals surface area contributed by atoms with E-state index in [0.29, 0.717) is 10.9 Å². The second-order valence-electron chi connectivity index (χ2n) is 5.15. The van der Waals surface area contributed by atoms with Crippen LogP contribution in [0.5, 0.6) is 0 Å². The van der Waals surface area contributed by atoms with Crippen LogP contribution in [0.4, 0.5) is 10.1 Å². The molecule has 0 saturated carbocycles. The van der Waals surface area contributed by atoms with Crippen molar-refractivity contribution in [1.82, 2.24) is 0 Å². The van der Waals surface area contributed by atoms with Gasteiger partial charge in [0.1, 0.15) is 5.82 Å². The average Bonchev–Trinajstić information content (AvgIpc) is 2.57. The molecule has 0 bridgehead atoms. The molecule has 2 rings (SSSR count). The van der Waals surface area contributed by atoms with E-state index in [4.69, 9.17) is 4.74 Å². The molecule has 0 heterocycles. The van der Waals surface area contributed by atoms with Gasteiger partial charge in [-0.25, -0.2) is 4.39 Å². The Kier molecular flexibility index (Phi) is 6.49. The van der Waals surface area contributed by atoms with Crippen molar-refractivity contribution < 1.29 is 18.7 Å². The number of esters is 1. The molecule has 2 aromatic rings. The molecular weight excluding hydrogens is 377 g/mol. The van der Waals surface area contributed by atoms with Crippen LogP contribution in [0.3, 0.4) is 0 Å². The Bertz CT molecular complexity index is 721. The number of ether oxygens (including phenoxy) is 1. The first-order chi connectivity index (χ1) is 11.5. The zero-order chi connectivity index (χ0) is 17.5. The number of carbonyl (C=O) groups excluding carboxylic acids is 2. The molecule has 0 aromatic heterocycles. The third-order valence-corrected chi connectivity index (χ3v) is 3.94. The molecule has 126 valence electrons. The SMILES string of the molecule is CC[C@@H](C(=O)OCC(=O)Nc1ccc(Br)cc1F)c1ccccc1. The van der Waals surface area contributed by atoms with E-state index in [1.54, 1.807) is 6.07 Å². The van der Waals surface area contributed by atoms with Gasteiger partial charge in [-0.2, -0.15) is 0 Å². The fourth-order valence-corrected chi connectivity index (χ4v) is 2.57. The maximum Gasteiger partial charge on any atom is 0.313 e. The summed E-state index contributed by atoms with van der Waals surface area (Å²) in [6.45, 7) is 1.41. The summed E-state index contributed by atoms with van der Waals surface area (Å²) in [5.74, 6) is -2.06. The first kappa shape index (κ1) is 18.1. The number of halogens is 2. The quantitative estimate of drug-likeness (QED) is 0.745. The number of amides is 1. The first-order valence-corrected chi connectivity index (χ1v) is 8.27. The summed E-state index contributed by atoms with van der Waals surface area (Å²) in [7, 11) is 0. The summed E-state index contributed by atoms with van der Waals surface area (Å²) >= 11 is 3.14. The Morgan fingerprint density at radius 1 is 1.21 bits per heavy atom. The van der Waals surface area contributed by atoms with E-state index in [9.17, 15) is 14.0 Å². The Morgan fingerprint density at radius 2 is 1.92 bits per heavy atom. The zero-order valence-corrected chi connectivity index (χ0v) is 14.7. The normalized spacial score (nSPS) is 11.6. The number of hydrogen-bond acceptors (Lipinski definition) is 3. The first-order valence-electron chi connectivity index (χ1n) is 7.47. The highest BCUT2D eigenvalue weighted by atomic mass is 79.9. The molecule has 0 spiro atoms. The van der Waals surface area contributed by atoms with Gasteiger partial charge in [-0.05, 0) is 30.2 Å². The zero-order valence-electron chi connectivity index (χ0n) is 13.1. The molecule has 24 heavy (non-hydrogen) atoms. The van der Waals surface area contributed by atoms with E-state index in [1.807, 2.05) is 37.3 Å². The Labute approximate surface area is 148 Å². The molecule has 6 heteroatoms. The minimum absolute atomic E-state index is 0.0364. The minimum atomic E-state index is -0.590. The van der Waals surface area contributed by atoms with Crippen LogP contribution in [0.1, 0.15) is 24.8 Å². The molecule has 2 aromatic carbocycles. The van der Waals surface area contributed by atoms with E-state index in [-0.39, 0.29) is 5.69 Å². The maximum absolute atomic E-state index is 13.7. The lowest BCUT2D eigenvalue weighted by atomic mass is 9.97. The number of nitrogens with one attached hydrogen (secondary N) is 1. The molecule has 0 saturated heterocycles. The lowest BCUT2D eigenvalue weighted by Crippen LogP contribution is -2.24. The highest BCUT2D eigenvalue weighted by Gasteiger charge is 2.21. The van der Waals surface area contributed by atoms with Gasteiger partial charge < -0.3 is 10.1 Å². The summed E-state index contributed by atoms with van der Waals surface area (Å²) < 4.78 is 19.3. The molecular formula is C18H17BrFNO3. The van der Waals surface area contributed by atoms with E-state index < -0.39 is 30.2 Å².